The van der Waals surface area contributed by atoms with E-state index in [1.54, 1.807) is 6.07 Å². The van der Waals surface area contributed by atoms with E-state index in [1.807, 2.05) is 49.4 Å². The number of benzene rings is 2. The van der Waals surface area contributed by atoms with Crippen LogP contribution in [0.15, 0.2) is 53.5 Å². The molecule has 0 fully saturated rings. The lowest BCUT2D eigenvalue weighted by Crippen LogP contribution is -2.39. The first-order valence-electron chi connectivity index (χ1n) is 9.34. The summed E-state index contributed by atoms with van der Waals surface area (Å²) in [6, 6.07) is 15.1. The number of rotatable bonds is 9. The third-order valence-corrected chi connectivity index (χ3v) is 4.14. The zero-order valence-electron chi connectivity index (χ0n) is 16.3. The number of hydrogen-bond acceptors (Lipinski definition) is 3. The maximum absolute atomic E-state index is 11.1. The molecule has 6 nitrogen and oxygen atoms in total. The minimum absolute atomic E-state index is 0.109. The number of aliphatic imine (C=N–C) groups is 1. The van der Waals surface area contributed by atoms with Crippen LogP contribution in [0.5, 0.6) is 5.75 Å². The first-order valence-corrected chi connectivity index (χ1v) is 9.72. The lowest BCUT2D eigenvalue weighted by atomic mass is 10.1. The molecule has 28 heavy (non-hydrogen) atoms. The molecule has 0 radical (unpaired) electrons. The number of halogens is 1. The van der Waals surface area contributed by atoms with E-state index >= 15 is 0 Å². The Morgan fingerprint density at radius 3 is 2.71 bits per heavy atom. The predicted octanol–water partition coefficient (Wildman–Crippen LogP) is 3.48. The molecule has 1 amide bonds. The monoisotopic (exact) mass is 402 g/mol. The number of nitrogens with zero attached hydrogens (tertiary/aromatic N) is 1. The third kappa shape index (κ3) is 7.88. The molecule has 0 saturated carbocycles. The summed E-state index contributed by atoms with van der Waals surface area (Å²) < 4.78 is 5.73. The number of nitrogens with one attached hydrogen (secondary N) is 3. The van der Waals surface area contributed by atoms with Gasteiger partial charge in [0.25, 0.3) is 0 Å². The van der Waals surface area contributed by atoms with Gasteiger partial charge in [-0.15, -0.1) is 0 Å². The van der Waals surface area contributed by atoms with Crippen molar-refractivity contribution in [3.63, 3.8) is 0 Å². The molecule has 0 heterocycles. The fourth-order valence-electron chi connectivity index (χ4n) is 2.54. The largest absolute Gasteiger partial charge is 0.492 e. The Labute approximate surface area is 171 Å². The highest BCUT2D eigenvalue weighted by Crippen LogP contribution is 2.17. The molecule has 0 bridgehead atoms. The van der Waals surface area contributed by atoms with Crippen molar-refractivity contribution in [1.82, 2.24) is 10.6 Å². The molecule has 0 unspecified atom stereocenters. The molecule has 7 heteroatoms. The average molecular weight is 403 g/mol. The summed E-state index contributed by atoms with van der Waals surface area (Å²) in [6.45, 7) is 5.98. The van der Waals surface area contributed by atoms with Crippen molar-refractivity contribution in [3.05, 3.63) is 59.1 Å². The highest BCUT2D eigenvalue weighted by Gasteiger charge is 2.01. The van der Waals surface area contributed by atoms with Crippen molar-refractivity contribution in [2.45, 2.75) is 20.3 Å². The molecule has 3 N–H and O–H groups in total. The van der Waals surface area contributed by atoms with E-state index in [0.29, 0.717) is 31.1 Å². The Morgan fingerprint density at radius 1 is 1.14 bits per heavy atom. The minimum Gasteiger partial charge on any atom is -0.492 e. The fourth-order valence-corrected chi connectivity index (χ4v) is 2.77. The summed E-state index contributed by atoms with van der Waals surface area (Å²) in [6.07, 6.45) is 0.780. The van der Waals surface area contributed by atoms with E-state index in [4.69, 9.17) is 16.3 Å². The van der Waals surface area contributed by atoms with Crippen LogP contribution >= 0.6 is 11.6 Å². The molecule has 2 aromatic rings. The van der Waals surface area contributed by atoms with Crippen LogP contribution in [0.4, 0.5) is 5.69 Å². The van der Waals surface area contributed by atoms with Crippen LogP contribution in [0.2, 0.25) is 5.02 Å². The van der Waals surface area contributed by atoms with Gasteiger partial charge in [0.2, 0.25) is 5.91 Å². The fraction of sp³-hybridized carbons (Fsp3) is 0.333. The van der Waals surface area contributed by atoms with Gasteiger partial charge in [-0.3, -0.25) is 9.79 Å². The average Bonchev–Trinajstić information content (AvgIpc) is 2.66. The number of hydrogen-bond donors (Lipinski definition) is 3. The van der Waals surface area contributed by atoms with Gasteiger partial charge in [-0.05, 0) is 37.1 Å². The van der Waals surface area contributed by atoms with Gasteiger partial charge in [0, 0.05) is 36.8 Å². The standard InChI is InChI=1S/C21H27ClN4O2/c1-3-23-21(24-12-11-17-7-4-5-10-20(17)22)25-13-14-28-19-9-6-8-18(15-19)26-16(2)27/h4-10,15H,3,11-14H2,1-2H3,(H,26,27)(H2,23,24,25). The van der Waals surface area contributed by atoms with Gasteiger partial charge in [-0.1, -0.05) is 35.9 Å². The Bertz CT molecular complexity index is 795. The van der Waals surface area contributed by atoms with Crippen molar-refractivity contribution in [2.24, 2.45) is 4.99 Å². The van der Waals surface area contributed by atoms with Crippen LogP contribution < -0.4 is 20.7 Å². The van der Waals surface area contributed by atoms with Crippen LogP contribution in [0, 0.1) is 0 Å². The van der Waals surface area contributed by atoms with E-state index < -0.39 is 0 Å². The summed E-state index contributed by atoms with van der Waals surface area (Å²) >= 11 is 6.18. The SMILES string of the molecule is CCNC(=NCCc1ccccc1Cl)NCCOc1cccc(NC(C)=O)c1. The summed E-state index contributed by atoms with van der Waals surface area (Å²) in [5, 5.41) is 9.97. The van der Waals surface area contributed by atoms with Crippen LogP contribution in [0.3, 0.4) is 0 Å². The molecular formula is C21H27ClN4O2. The third-order valence-electron chi connectivity index (χ3n) is 3.77. The van der Waals surface area contributed by atoms with Gasteiger partial charge < -0.3 is 20.7 Å². The topological polar surface area (TPSA) is 74.8 Å². The quantitative estimate of drug-likeness (QED) is 0.341. The molecule has 0 aliphatic rings. The van der Waals surface area contributed by atoms with E-state index in [9.17, 15) is 4.79 Å². The maximum Gasteiger partial charge on any atom is 0.221 e. The van der Waals surface area contributed by atoms with E-state index in [1.165, 1.54) is 6.92 Å². The number of amides is 1. The molecule has 0 spiro atoms. The molecule has 0 aromatic heterocycles. The van der Waals surface area contributed by atoms with Crippen LogP contribution in [0.1, 0.15) is 19.4 Å². The van der Waals surface area contributed by atoms with Gasteiger partial charge in [-0.25, -0.2) is 0 Å². The summed E-state index contributed by atoms with van der Waals surface area (Å²) in [5.74, 6) is 1.33. The minimum atomic E-state index is -0.109. The van der Waals surface area contributed by atoms with E-state index in [0.717, 1.165) is 29.5 Å². The zero-order valence-corrected chi connectivity index (χ0v) is 17.1. The van der Waals surface area contributed by atoms with Gasteiger partial charge in [-0.2, -0.15) is 0 Å². The van der Waals surface area contributed by atoms with Crippen LogP contribution in [-0.4, -0.2) is 38.1 Å². The smallest absolute Gasteiger partial charge is 0.221 e. The number of carbonyl (C=O) groups excluding carboxylic acids is 1. The van der Waals surface area contributed by atoms with Gasteiger partial charge in [0.1, 0.15) is 12.4 Å². The zero-order chi connectivity index (χ0) is 20.2. The lowest BCUT2D eigenvalue weighted by molar-refractivity contribution is -0.114. The maximum atomic E-state index is 11.1. The molecule has 0 aliphatic carbocycles. The molecule has 2 rings (SSSR count). The van der Waals surface area contributed by atoms with Gasteiger partial charge >= 0.3 is 0 Å². The number of anilines is 1. The molecule has 0 atom stereocenters. The second-order valence-corrected chi connectivity index (χ2v) is 6.49. The number of guanidine groups is 1. The molecule has 0 aliphatic heterocycles. The second-order valence-electron chi connectivity index (χ2n) is 6.09. The molecule has 0 saturated heterocycles. The highest BCUT2D eigenvalue weighted by molar-refractivity contribution is 6.31. The van der Waals surface area contributed by atoms with Crippen molar-refractivity contribution in [1.29, 1.82) is 0 Å². The van der Waals surface area contributed by atoms with Crippen molar-refractivity contribution < 1.29 is 9.53 Å². The van der Waals surface area contributed by atoms with Crippen molar-refractivity contribution in [3.8, 4) is 5.75 Å². The van der Waals surface area contributed by atoms with Crippen molar-refractivity contribution in [2.75, 3.05) is 31.6 Å². The van der Waals surface area contributed by atoms with Crippen LogP contribution in [-0.2, 0) is 11.2 Å². The summed E-state index contributed by atoms with van der Waals surface area (Å²) in [4.78, 5) is 15.7. The van der Waals surface area contributed by atoms with E-state index in [-0.39, 0.29) is 5.91 Å². The van der Waals surface area contributed by atoms with Crippen LogP contribution in [0.25, 0.3) is 0 Å². The normalized spacial score (nSPS) is 11.0. The summed E-state index contributed by atoms with van der Waals surface area (Å²) in [7, 11) is 0. The first-order chi connectivity index (χ1) is 13.6. The Hall–Kier alpha value is -2.73. The Morgan fingerprint density at radius 2 is 1.96 bits per heavy atom. The summed E-state index contributed by atoms with van der Waals surface area (Å²) in [5.41, 5.74) is 1.80. The Kier molecular flexibility index (Phi) is 9.15. The van der Waals surface area contributed by atoms with Gasteiger partial charge in [0.15, 0.2) is 5.96 Å². The second kappa shape index (κ2) is 11.9. The van der Waals surface area contributed by atoms with Gasteiger partial charge in [0.05, 0.1) is 6.54 Å². The Balaban J connectivity index is 1.78. The van der Waals surface area contributed by atoms with E-state index in [2.05, 4.69) is 20.9 Å². The van der Waals surface area contributed by atoms with Crippen molar-refractivity contribution >= 4 is 29.2 Å². The number of carbonyl (C=O) groups is 1. The molecule has 150 valence electrons. The molecule has 2 aromatic carbocycles. The molecular weight excluding hydrogens is 376 g/mol. The first kappa shape index (κ1) is 21.6. The predicted molar refractivity (Wildman–Crippen MR) is 115 cm³/mol. The highest BCUT2D eigenvalue weighted by atomic mass is 35.5. The lowest BCUT2D eigenvalue weighted by Gasteiger charge is -2.13. The number of ether oxygens (including phenoxy) is 1.